The van der Waals surface area contributed by atoms with Crippen LogP contribution in [0.3, 0.4) is 0 Å². The highest BCUT2D eigenvalue weighted by Crippen LogP contribution is 2.35. The molecule has 0 bridgehead atoms. The monoisotopic (exact) mass is 194 g/mol. The van der Waals surface area contributed by atoms with Crippen LogP contribution < -0.4 is 0 Å². The van der Waals surface area contributed by atoms with Gasteiger partial charge < -0.3 is 14.6 Å². The van der Waals surface area contributed by atoms with E-state index in [9.17, 15) is 5.11 Å². The highest BCUT2D eigenvalue weighted by atomic mass is 16.7. The smallest absolute Gasteiger partial charge is 0.194 e. The molecular formula is C11H14O3. The van der Waals surface area contributed by atoms with Crippen molar-refractivity contribution in [1.29, 1.82) is 0 Å². The van der Waals surface area contributed by atoms with Crippen LogP contribution in [0, 0.1) is 0 Å². The molecule has 0 spiro atoms. The third kappa shape index (κ3) is 1.49. The Bertz CT molecular complexity index is 299. The van der Waals surface area contributed by atoms with Gasteiger partial charge in [0, 0.05) is 12.0 Å². The van der Waals surface area contributed by atoms with E-state index in [0.717, 1.165) is 12.0 Å². The average Bonchev–Trinajstić information content (AvgIpc) is 2.68. The van der Waals surface area contributed by atoms with Gasteiger partial charge in [-0.25, -0.2) is 0 Å². The van der Waals surface area contributed by atoms with E-state index < -0.39 is 5.79 Å². The van der Waals surface area contributed by atoms with Crippen molar-refractivity contribution in [2.75, 3.05) is 13.2 Å². The van der Waals surface area contributed by atoms with Gasteiger partial charge in [-0.2, -0.15) is 0 Å². The summed E-state index contributed by atoms with van der Waals surface area (Å²) in [5.74, 6) is -0.328. The fourth-order valence-electron chi connectivity index (χ4n) is 1.75. The molecule has 0 aromatic heterocycles. The number of phenolic OH excluding ortho intramolecular Hbond substituents is 1. The van der Waals surface area contributed by atoms with Gasteiger partial charge in [0.05, 0.1) is 13.2 Å². The predicted molar refractivity (Wildman–Crippen MR) is 52.0 cm³/mol. The quantitative estimate of drug-likeness (QED) is 0.782. The van der Waals surface area contributed by atoms with Gasteiger partial charge in [0.1, 0.15) is 5.75 Å². The molecule has 1 heterocycles. The molecule has 1 aromatic rings. The second-order valence-corrected chi connectivity index (χ2v) is 3.35. The van der Waals surface area contributed by atoms with E-state index in [1.165, 1.54) is 0 Å². The lowest BCUT2D eigenvalue weighted by molar-refractivity contribution is -0.167. The van der Waals surface area contributed by atoms with Crippen molar-refractivity contribution in [1.82, 2.24) is 0 Å². The van der Waals surface area contributed by atoms with Crippen LogP contribution in [0.1, 0.15) is 18.9 Å². The molecule has 3 heteroatoms. The summed E-state index contributed by atoms with van der Waals surface area (Å²) < 4.78 is 11.2. The molecule has 1 aliphatic heterocycles. The number of hydrogen-bond donors (Lipinski definition) is 1. The first-order valence-electron chi connectivity index (χ1n) is 4.84. The van der Waals surface area contributed by atoms with Crippen molar-refractivity contribution in [2.45, 2.75) is 19.1 Å². The molecule has 0 saturated carbocycles. The molecule has 0 aliphatic carbocycles. The van der Waals surface area contributed by atoms with E-state index in [4.69, 9.17) is 9.47 Å². The minimum Gasteiger partial charge on any atom is -0.508 e. The highest BCUT2D eigenvalue weighted by Gasteiger charge is 2.36. The summed E-state index contributed by atoms with van der Waals surface area (Å²) in [5.41, 5.74) is 0.968. The first-order chi connectivity index (χ1) is 6.77. The lowest BCUT2D eigenvalue weighted by Gasteiger charge is -2.26. The fourth-order valence-corrected chi connectivity index (χ4v) is 1.75. The molecule has 1 N–H and O–H groups in total. The standard InChI is InChI=1S/C11H14O3/c1-2-11(13-7-8-14-11)9-3-5-10(12)6-4-9/h3-6,12H,2,7-8H2,1H3. The zero-order valence-electron chi connectivity index (χ0n) is 8.19. The Balaban J connectivity index is 2.31. The highest BCUT2D eigenvalue weighted by molar-refractivity contribution is 5.29. The topological polar surface area (TPSA) is 38.7 Å². The molecular weight excluding hydrogens is 180 g/mol. The number of ether oxygens (including phenoxy) is 2. The van der Waals surface area contributed by atoms with Crippen LogP contribution in [0.2, 0.25) is 0 Å². The molecule has 1 saturated heterocycles. The molecule has 0 amide bonds. The van der Waals surface area contributed by atoms with E-state index in [1.807, 2.05) is 19.1 Å². The summed E-state index contributed by atoms with van der Waals surface area (Å²) >= 11 is 0. The van der Waals surface area contributed by atoms with Crippen molar-refractivity contribution < 1.29 is 14.6 Å². The maximum atomic E-state index is 9.17. The number of benzene rings is 1. The normalized spacial score (nSPS) is 19.8. The second-order valence-electron chi connectivity index (χ2n) is 3.35. The van der Waals surface area contributed by atoms with E-state index in [0.29, 0.717) is 13.2 Å². The Kier molecular flexibility index (Phi) is 2.44. The van der Waals surface area contributed by atoms with Gasteiger partial charge in [0.2, 0.25) is 0 Å². The van der Waals surface area contributed by atoms with Gasteiger partial charge in [0.25, 0.3) is 0 Å². The summed E-state index contributed by atoms with van der Waals surface area (Å²) in [5, 5.41) is 9.17. The lowest BCUT2D eigenvalue weighted by Crippen LogP contribution is -2.25. The Morgan fingerprint density at radius 2 is 1.79 bits per heavy atom. The lowest BCUT2D eigenvalue weighted by atomic mass is 10.0. The predicted octanol–water partition coefficient (Wildman–Crippen LogP) is 2.00. The Morgan fingerprint density at radius 3 is 2.29 bits per heavy atom. The first-order valence-corrected chi connectivity index (χ1v) is 4.84. The molecule has 1 fully saturated rings. The fraction of sp³-hybridized carbons (Fsp3) is 0.455. The van der Waals surface area contributed by atoms with Crippen LogP contribution in [0.5, 0.6) is 5.75 Å². The van der Waals surface area contributed by atoms with E-state index in [2.05, 4.69) is 0 Å². The molecule has 1 aromatic carbocycles. The van der Waals surface area contributed by atoms with E-state index >= 15 is 0 Å². The van der Waals surface area contributed by atoms with E-state index in [1.54, 1.807) is 12.1 Å². The van der Waals surface area contributed by atoms with Gasteiger partial charge in [-0.1, -0.05) is 6.92 Å². The molecule has 3 nitrogen and oxygen atoms in total. The zero-order valence-corrected chi connectivity index (χ0v) is 8.19. The average molecular weight is 194 g/mol. The van der Waals surface area contributed by atoms with Gasteiger partial charge in [0.15, 0.2) is 5.79 Å². The first kappa shape index (κ1) is 9.49. The second kappa shape index (κ2) is 3.59. The third-order valence-corrected chi connectivity index (χ3v) is 2.53. The molecule has 0 unspecified atom stereocenters. The van der Waals surface area contributed by atoms with Crippen LogP contribution in [-0.2, 0) is 15.3 Å². The van der Waals surface area contributed by atoms with Gasteiger partial charge >= 0.3 is 0 Å². The van der Waals surface area contributed by atoms with Crippen molar-refractivity contribution in [3.63, 3.8) is 0 Å². The summed E-state index contributed by atoms with van der Waals surface area (Å²) in [6.07, 6.45) is 0.776. The summed E-state index contributed by atoms with van der Waals surface area (Å²) in [6, 6.07) is 6.98. The summed E-state index contributed by atoms with van der Waals surface area (Å²) in [6.45, 7) is 3.29. The molecule has 0 atom stereocenters. The largest absolute Gasteiger partial charge is 0.508 e. The Hall–Kier alpha value is -1.06. The van der Waals surface area contributed by atoms with Crippen LogP contribution >= 0.6 is 0 Å². The molecule has 0 radical (unpaired) electrons. The minimum atomic E-state index is -0.590. The van der Waals surface area contributed by atoms with Crippen molar-refractivity contribution in [3.05, 3.63) is 29.8 Å². The van der Waals surface area contributed by atoms with Crippen LogP contribution in [-0.4, -0.2) is 18.3 Å². The minimum absolute atomic E-state index is 0.262. The molecule has 76 valence electrons. The van der Waals surface area contributed by atoms with Gasteiger partial charge in [-0.3, -0.25) is 0 Å². The van der Waals surface area contributed by atoms with Crippen molar-refractivity contribution in [2.24, 2.45) is 0 Å². The number of rotatable bonds is 2. The van der Waals surface area contributed by atoms with Crippen molar-refractivity contribution >= 4 is 0 Å². The Morgan fingerprint density at radius 1 is 1.21 bits per heavy atom. The molecule has 14 heavy (non-hydrogen) atoms. The SMILES string of the molecule is CCC1(c2ccc(O)cc2)OCCO1. The number of phenols is 1. The molecule has 2 rings (SSSR count). The number of hydrogen-bond acceptors (Lipinski definition) is 3. The third-order valence-electron chi connectivity index (χ3n) is 2.53. The Labute approximate surface area is 83.3 Å². The van der Waals surface area contributed by atoms with Gasteiger partial charge in [-0.05, 0) is 24.3 Å². The zero-order chi connectivity index (χ0) is 10.0. The molecule has 1 aliphatic rings. The summed E-state index contributed by atoms with van der Waals surface area (Å²) in [4.78, 5) is 0. The van der Waals surface area contributed by atoms with Crippen molar-refractivity contribution in [3.8, 4) is 5.75 Å². The summed E-state index contributed by atoms with van der Waals surface area (Å²) in [7, 11) is 0. The maximum Gasteiger partial charge on any atom is 0.194 e. The van der Waals surface area contributed by atoms with Crippen LogP contribution in [0.25, 0.3) is 0 Å². The van der Waals surface area contributed by atoms with Crippen LogP contribution in [0.4, 0.5) is 0 Å². The maximum absolute atomic E-state index is 9.17. The number of aromatic hydroxyl groups is 1. The van der Waals surface area contributed by atoms with Gasteiger partial charge in [-0.15, -0.1) is 0 Å². The van der Waals surface area contributed by atoms with E-state index in [-0.39, 0.29) is 5.75 Å². The van der Waals surface area contributed by atoms with Crippen LogP contribution in [0.15, 0.2) is 24.3 Å².